The van der Waals surface area contributed by atoms with Gasteiger partial charge in [0.1, 0.15) is 6.61 Å². The molecule has 1 radical (unpaired) electrons. The van der Waals surface area contributed by atoms with Gasteiger partial charge in [-0.3, -0.25) is 4.79 Å². The van der Waals surface area contributed by atoms with Gasteiger partial charge in [0.15, 0.2) is 11.6 Å². The monoisotopic (exact) mass is 364 g/mol. The third kappa shape index (κ3) is 4.21. The number of hydrogen-bond donors (Lipinski definition) is 1. The van der Waals surface area contributed by atoms with Crippen LogP contribution in [0.3, 0.4) is 0 Å². The number of para-hydroxylation sites is 1. The minimum absolute atomic E-state index is 0.0628. The minimum Gasteiger partial charge on any atom is -0.485 e. The second-order valence-electron chi connectivity index (χ2n) is 7.26. The summed E-state index contributed by atoms with van der Waals surface area (Å²) in [5.41, 5.74) is 3.01. The van der Waals surface area contributed by atoms with Crippen molar-refractivity contribution >= 4 is 17.7 Å². The maximum absolute atomic E-state index is 13.7. The number of carbonyl (C=O) groups is 1. The van der Waals surface area contributed by atoms with Crippen molar-refractivity contribution in [3.63, 3.8) is 0 Å². The van der Waals surface area contributed by atoms with Crippen molar-refractivity contribution in [1.29, 1.82) is 0 Å². The molecule has 0 spiro atoms. The summed E-state index contributed by atoms with van der Waals surface area (Å²) in [6, 6.07) is 12.6. The molecule has 139 valence electrons. The molecule has 1 saturated carbocycles. The predicted molar refractivity (Wildman–Crippen MR) is 105 cm³/mol. The summed E-state index contributed by atoms with van der Waals surface area (Å²) in [7, 11) is 0. The van der Waals surface area contributed by atoms with Gasteiger partial charge < -0.3 is 10.1 Å². The average molecular weight is 364 g/mol. The molecule has 27 heavy (non-hydrogen) atoms. The molecule has 1 fully saturated rings. The fourth-order valence-electron chi connectivity index (χ4n) is 3.76. The predicted octanol–water partition coefficient (Wildman–Crippen LogP) is 5.37. The van der Waals surface area contributed by atoms with Gasteiger partial charge in [-0.25, -0.2) is 4.39 Å². The molecule has 1 aliphatic carbocycles. The molecular weight excluding hydrogens is 341 g/mol. The number of anilines is 1. The van der Waals surface area contributed by atoms with Crippen LogP contribution in [0.15, 0.2) is 48.0 Å². The molecule has 1 amide bonds. The number of benzene rings is 2. The third-order valence-corrected chi connectivity index (χ3v) is 5.24. The number of nitrogens with one attached hydrogen (secondary N) is 1. The molecule has 0 saturated heterocycles. The fraction of sp³-hybridized carbons (Fsp3) is 0.304. The molecule has 1 N–H and O–H groups in total. The Balaban J connectivity index is 1.39. The Bertz CT molecular complexity index is 851. The smallest absolute Gasteiger partial charge is 0.255 e. The van der Waals surface area contributed by atoms with Crippen LogP contribution in [0.5, 0.6) is 5.75 Å². The quantitative estimate of drug-likeness (QED) is 0.792. The molecule has 0 aromatic heterocycles. The number of rotatable bonds is 4. The van der Waals surface area contributed by atoms with E-state index in [0.717, 1.165) is 5.69 Å². The van der Waals surface area contributed by atoms with Gasteiger partial charge in [-0.15, -0.1) is 0 Å². The molecule has 1 aliphatic heterocycles. The van der Waals surface area contributed by atoms with Crippen LogP contribution in [-0.2, 0) is 4.79 Å². The lowest BCUT2D eigenvalue weighted by molar-refractivity contribution is -0.113. The number of ether oxygens (including phenoxy) is 1. The Kier molecular flexibility index (Phi) is 5.23. The molecule has 3 nitrogen and oxygen atoms in total. The van der Waals surface area contributed by atoms with Crippen LogP contribution in [0, 0.1) is 18.2 Å². The van der Waals surface area contributed by atoms with E-state index in [-0.39, 0.29) is 18.3 Å². The van der Waals surface area contributed by atoms with Gasteiger partial charge in [-0.05, 0) is 55.0 Å². The van der Waals surface area contributed by atoms with Crippen LogP contribution in [0.1, 0.15) is 43.2 Å². The Morgan fingerprint density at radius 2 is 1.85 bits per heavy atom. The summed E-state index contributed by atoms with van der Waals surface area (Å²) in [6.45, 7) is 0.0628. The maximum Gasteiger partial charge on any atom is 0.255 e. The van der Waals surface area contributed by atoms with E-state index in [1.165, 1.54) is 43.7 Å². The lowest BCUT2D eigenvalue weighted by Gasteiger charge is -2.21. The van der Waals surface area contributed by atoms with Crippen molar-refractivity contribution in [2.45, 2.75) is 32.1 Å². The fourth-order valence-corrected chi connectivity index (χ4v) is 3.76. The van der Waals surface area contributed by atoms with E-state index < -0.39 is 5.82 Å². The Morgan fingerprint density at radius 1 is 1.07 bits per heavy atom. The van der Waals surface area contributed by atoms with Crippen molar-refractivity contribution in [3.8, 4) is 5.75 Å². The highest BCUT2D eigenvalue weighted by molar-refractivity contribution is 6.07. The van der Waals surface area contributed by atoms with Gasteiger partial charge in [0.2, 0.25) is 0 Å². The first-order valence-corrected chi connectivity index (χ1v) is 9.57. The van der Waals surface area contributed by atoms with E-state index in [1.54, 1.807) is 18.2 Å². The second-order valence-corrected chi connectivity index (χ2v) is 7.26. The van der Waals surface area contributed by atoms with Crippen LogP contribution < -0.4 is 10.1 Å². The van der Waals surface area contributed by atoms with Crippen LogP contribution in [0.4, 0.5) is 10.1 Å². The summed E-state index contributed by atoms with van der Waals surface area (Å²) in [5, 5.41) is 2.89. The minimum atomic E-state index is -0.409. The van der Waals surface area contributed by atoms with Crippen LogP contribution >= 0.6 is 0 Å². The largest absolute Gasteiger partial charge is 0.485 e. The summed E-state index contributed by atoms with van der Waals surface area (Å²) in [6.07, 6.45) is 10.6. The molecule has 4 rings (SSSR count). The first-order chi connectivity index (χ1) is 13.2. The van der Waals surface area contributed by atoms with Gasteiger partial charge in [0.25, 0.3) is 5.91 Å². The summed E-state index contributed by atoms with van der Waals surface area (Å²) in [5.74, 6) is 0.239. The van der Waals surface area contributed by atoms with E-state index in [0.29, 0.717) is 17.1 Å². The van der Waals surface area contributed by atoms with Crippen molar-refractivity contribution in [3.05, 3.63) is 71.4 Å². The van der Waals surface area contributed by atoms with Gasteiger partial charge in [0, 0.05) is 11.3 Å². The summed E-state index contributed by atoms with van der Waals surface area (Å²) in [4.78, 5) is 12.5. The van der Waals surface area contributed by atoms with Crippen LogP contribution in [0.25, 0.3) is 6.08 Å². The molecular formula is C23H23FNO2. The lowest BCUT2D eigenvalue weighted by atomic mass is 9.85. The highest BCUT2D eigenvalue weighted by Crippen LogP contribution is 2.30. The second kappa shape index (κ2) is 7.95. The molecule has 0 unspecified atom stereocenters. The van der Waals surface area contributed by atoms with Gasteiger partial charge in [-0.1, -0.05) is 43.5 Å². The first kappa shape index (κ1) is 17.8. The lowest BCUT2D eigenvalue weighted by Crippen LogP contribution is -2.21. The topological polar surface area (TPSA) is 38.3 Å². The van der Waals surface area contributed by atoms with E-state index in [1.807, 2.05) is 24.3 Å². The zero-order valence-corrected chi connectivity index (χ0v) is 15.2. The average Bonchev–Trinajstić information content (AvgIpc) is 2.70. The van der Waals surface area contributed by atoms with Crippen LogP contribution in [-0.4, -0.2) is 12.5 Å². The zero-order valence-electron chi connectivity index (χ0n) is 15.2. The molecule has 2 aromatic rings. The molecule has 1 heterocycles. The van der Waals surface area contributed by atoms with Crippen molar-refractivity contribution in [2.75, 3.05) is 11.9 Å². The number of amides is 1. The van der Waals surface area contributed by atoms with Gasteiger partial charge >= 0.3 is 0 Å². The van der Waals surface area contributed by atoms with E-state index in [2.05, 4.69) is 11.7 Å². The molecule has 0 bridgehead atoms. The number of carbonyl (C=O) groups excluding carboxylic acids is 1. The number of halogens is 1. The van der Waals surface area contributed by atoms with Gasteiger partial charge in [0.05, 0.1) is 5.57 Å². The molecule has 2 aliphatic rings. The maximum atomic E-state index is 13.7. The van der Waals surface area contributed by atoms with E-state index in [9.17, 15) is 9.18 Å². The summed E-state index contributed by atoms with van der Waals surface area (Å²) < 4.78 is 19.1. The van der Waals surface area contributed by atoms with Crippen LogP contribution in [0.2, 0.25) is 0 Å². The highest BCUT2D eigenvalue weighted by atomic mass is 19.1. The zero-order chi connectivity index (χ0) is 18.6. The summed E-state index contributed by atoms with van der Waals surface area (Å²) >= 11 is 0. The Morgan fingerprint density at radius 3 is 2.63 bits per heavy atom. The molecule has 2 aromatic carbocycles. The Labute approximate surface area is 159 Å². The van der Waals surface area contributed by atoms with Crippen molar-refractivity contribution in [2.24, 2.45) is 5.92 Å². The normalized spacial score (nSPS) is 16.9. The standard InChI is InChI=1S/C23H23FNO2/c24-21-8-4-7-18-14-19(15-27-22(18)21)23(26)25-20-11-9-17(10-12-20)13-16-5-2-1-3-6-16/h4,7-14,16H,1-3,5-6,15H2,(H,25,26). The SMILES string of the molecule is O=C(Nc1ccc([CH]C2CCCCC2)cc1)C1=Cc2cccc(F)c2OC1. The van der Waals surface area contributed by atoms with Crippen molar-refractivity contribution < 1.29 is 13.9 Å². The molecule has 0 atom stereocenters. The third-order valence-electron chi connectivity index (χ3n) is 5.24. The Hall–Kier alpha value is -2.62. The highest BCUT2D eigenvalue weighted by Gasteiger charge is 2.20. The first-order valence-electron chi connectivity index (χ1n) is 9.57. The number of fused-ring (bicyclic) bond motifs is 1. The van der Waals surface area contributed by atoms with E-state index >= 15 is 0 Å². The van der Waals surface area contributed by atoms with Crippen molar-refractivity contribution in [1.82, 2.24) is 0 Å². The van der Waals surface area contributed by atoms with Gasteiger partial charge in [-0.2, -0.15) is 0 Å². The van der Waals surface area contributed by atoms with E-state index in [4.69, 9.17) is 4.74 Å². The number of hydrogen-bond acceptors (Lipinski definition) is 2. The molecule has 4 heteroatoms.